The molecule has 54 heavy (non-hydrogen) atoms. The van der Waals surface area contributed by atoms with Crippen LogP contribution in [0, 0.1) is 0 Å². The van der Waals surface area contributed by atoms with Gasteiger partial charge in [-0.2, -0.15) is 0 Å². The van der Waals surface area contributed by atoms with Crippen molar-refractivity contribution < 1.29 is 92.5 Å². The van der Waals surface area contributed by atoms with E-state index in [-0.39, 0.29) is 13.2 Å². The first-order valence-corrected chi connectivity index (χ1v) is 19.8. The van der Waals surface area contributed by atoms with Crippen LogP contribution in [0.3, 0.4) is 0 Å². The fraction of sp³-hybridized carbons (Fsp3) is 0.970. The summed E-state index contributed by atoms with van der Waals surface area (Å²) >= 11 is 0. The van der Waals surface area contributed by atoms with Crippen LogP contribution in [-0.4, -0.2) is 204 Å². The van der Waals surface area contributed by atoms with E-state index in [2.05, 4.69) is 12.2 Å². The second kappa shape index (κ2) is 22.9. The zero-order chi connectivity index (χ0) is 40.2. The van der Waals surface area contributed by atoms with Gasteiger partial charge in [-0.25, -0.2) is 9.05 Å². The maximum Gasteiger partial charge on any atom is 0.225 e. The van der Waals surface area contributed by atoms with Crippen molar-refractivity contribution in [2.45, 2.75) is 144 Å². The Hall–Kier alpha value is -0.820. The molecule has 0 aromatic heterocycles. The van der Waals surface area contributed by atoms with Crippen molar-refractivity contribution in [3.63, 3.8) is 0 Å². The zero-order valence-electron chi connectivity index (χ0n) is 31.8. The van der Waals surface area contributed by atoms with Crippen LogP contribution in [0.4, 0.5) is 0 Å². The van der Waals surface area contributed by atoms with Crippen LogP contribution in [-0.2, 0) is 42.3 Å². The molecule has 0 aliphatic carbocycles. The van der Waals surface area contributed by atoms with Crippen molar-refractivity contribution in [1.82, 2.24) is 5.32 Å². The Labute approximate surface area is 317 Å². The van der Waals surface area contributed by atoms with Crippen LogP contribution in [0.5, 0.6) is 0 Å². The lowest BCUT2D eigenvalue weighted by molar-refractivity contribution is -0.870. The molecule has 1 amide bonds. The smallest absolute Gasteiger partial charge is 0.225 e. The number of aliphatic hydroxyl groups is 8. The topological polar surface area (TPSA) is 288 Å². The van der Waals surface area contributed by atoms with Crippen LogP contribution >= 0.6 is 8.60 Å². The second-order valence-corrected chi connectivity index (χ2v) is 16.0. The number of likely N-dealkylation sites (N-methyl/N-ethyl adjacent to an activating group) is 1. The third kappa shape index (κ3) is 13.9. The van der Waals surface area contributed by atoms with Crippen LogP contribution in [0.1, 0.15) is 52.4 Å². The molecule has 16 atom stereocenters. The van der Waals surface area contributed by atoms with Crippen molar-refractivity contribution in [3.8, 4) is 0 Å². The highest BCUT2D eigenvalue weighted by Gasteiger charge is 2.54. The van der Waals surface area contributed by atoms with E-state index in [0.29, 0.717) is 17.4 Å². The molecule has 0 spiro atoms. The molecule has 3 aliphatic heterocycles. The first-order valence-electron chi connectivity index (χ1n) is 18.6. The maximum atomic E-state index is 12.4. The summed E-state index contributed by atoms with van der Waals surface area (Å²) in [7, 11) is 2.68. The molecule has 0 radical (unpaired) electrons. The van der Waals surface area contributed by atoms with Crippen molar-refractivity contribution in [2.75, 3.05) is 60.7 Å². The summed E-state index contributed by atoms with van der Waals surface area (Å²) in [5.41, 5.74) is 0. The van der Waals surface area contributed by atoms with Crippen LogP contribution in [0.15, 0.2) is 0 Å². The van der Waals surface area contributed by atoms with Crippen molar-refractivity contribution in [3.05, 3.63) is 0 Å². The molecule has 0 bridgehead atoms. The molecule has 0 aromatic rings. The molecule has 3 rings (SSSR count). The number of ether oxygens (including phenoxy) is 6. The minimum atomic E-state index is -3.06. The molecule has 21 heteroatoms. The van der Waals surface area contributed by atoms with E-state index in [1.54, 1.807) is 0 Å². The SMILES string of the molecule is CCCCCCCCO[C@@H]1O[C@H](CO)[C@@H](O[C@@H]2O[C@H](CO)[C@@H](O)[C@H](O[C@@H]3O[C@H](CO[PH+]([O-])OCC[N+](C)(C)C)[C@@H](O)[C@H](O)[C@H]3NC(C)=O)[C@@H]2O)[C@H](O)[C@H]1O. The van der Waals surface area contributed by atoms with E-state index >= 15 is 0 Å². The Balaban J connectivity index is 1.71. The molecule has 3 fully saturated rings. The lowest BCUT2D eigenvalue weighted by Crippen LogP contribution is -2.68. The molecular formula is C33H64N2O18P+. The summed E-state index contributed by atoms with van der Waals surface area (Å²) in [5.74, 6) is -0.662. The highest BCUT2D eigenvalue weighted by Crippen LogP contribution is 2.34. The first kappa shape index (κ1) is 47.6. The summed E-state index contributed by atoms with van der Waals surface area (Å²) in [6.45, 7) is 2.03. The third-order valence-electron chi connectivity index (χ3n) is 9.42. The molecule has 0 saturated carbocycles. The highest BCUT2D eigenvalue weighted by atomic mass is 31.2. The Morgan fingerprint density at radius 1 is 0.704 bits per heavy atom. The van der Waals surface area contributed by atoms with Crippen LogP contribution < -0.4 is 10.2 Å². The number of carbonyl (C=O) groups excluding carboxylic acids is 1. The summed E-state index contributed by atoms with van der Waals surface area (Å²) < 4.78 is 45.6. The predicted molar refractivity (Wildman–Crippen MR) is 186 cm³/mol. The van der Waals surface area contributed by atoms with Crippen LogP contribution in [0.2, 0.25) is 0 Å². The number of quaternary nitrogens is 1. The molecule has 3 heterocycles. The van der Waals surface area contributed by atoms with E-state index in [1.807, 2.05) is 21.1 Å². The summed E-state index contributed by atoms with van der Waals surface area (Å²) in [6, 6.07) is -1.48. The Morgan fingerprint density at radius 3 is 1.94 bits per heavy atom. The number of hydrogen-bond donors (Lipinski definition) is 9. The van der Waals surface area contributed by atoms with Gasteiger partial charge in [0.1, 0.15) is 92.9 Å². The lowest BCUT2D eigenvalue weighted by atomic mass is 9.95. The van der Waals surface area contributed by atoms with Gasteiger partial charge >= 0.3 is 0 Å². The van der Waals surface area contributed by atoms with E-state index in [4.69, 9.17) is 37.5 Å². The normalized spacial score (nSPS) is 38.3. The van der Waals surface area contributed by atoms with Gasteiger partial charge in [0.05, 0.1) is 34.4 Å². The van der Waals surface area contributed by atoms with Gasteiger partial charge in [0.2, 0.25) is 14.5 Å². The van der Waals surface area contributed by atoms with Gasteiger partial charge in [-0.1, -0.05) is 39.0 Å². The molecule has 3 aliphatic rings. The minimum absolute atomic E-state index is 0.110. The van der Waals surface area contributed by atoms with Gasteiger partial charge in [0, 0.05) is 13.5 Å². The number of rotatable bonds is 22. The zero-order valence-corrected chi connectivity index (χ0v) is 32.8. The number of aliphatic hydroxyl groups excluding tert-OH is 8. The van der Waals surface area contributed by atoms with Gasteiger partial charge in [0.15, 0.2) is 18.9 Å². The van der Waals surface area contributed by atoms with Crippen molar-refractivity contribution in [1.29, 1.82) is 0 Å². The number of nitrogens with zero attached hydrogens (tertiary/aromatic N) is 1. The number of unbranched alkanes of at least 4 members (excludes halogenated alkanes) is 5. The number of hydrogen-bond acceptors (Lipinski definition) is 18. The minimum Gasteiger partial charge on any atom is -0.633 e. The lowest BCUT2D eigenvalue weighted by Gasteiger charge is -2.48. The molecule has 9 N–H and O–H groups in total. The summed E-state index contributed by atoms with van der Waals surface area (Å²) in [5, 5.41) is 88.7. The molecule has 318 valence electrons. The fourth-order valence-corrected chi connectivity index (χ4v) is 6.89. The molecule has 1 unspecified atom stereocenters. The Kier molecular flexibility index (Phi) is 20.2. The molecule has 20 nitrogen and oxygen atoms in total. The highest BCUT2D eigenvalue weighted by molar-refractivity contribution is 7.39. The quantitative estimate of drug-likeness (QED) is 0.0286. The maximum absolute atomic E-state index is 12.4. The van der Waals surface area contributed by atoms with E-state index in [1.165, 1.54) is 0 Å². The molecule has 0 aromatic carbocycles. The third-order valence-corrected chi connectivity index (χ3v) is 10.3. The summed E-state index contributed by atoms with van der Waals surface area (Å²) in [4.78, 5) is 24.5. The Morgan fingerprint density at radius 2 is 1.31 bits per heavy atom. The first-order chi connectivity index (χ1) is 25.5. The van der Waals surface area contributed by atoms with Gasteiger partial charge in [-0.15, -0.1) is 0 Å². The average Bonchev–Trinajstić information content (AvgIpc) is 3.11. The fourth-order valence-electron chi connectivity index (χ4n) is 6.24. The standard InChI is InChI=1S/C33H63N2O18P/c1-6-7-8-9-10-11-13-46-32-27(43)26(42)29(20(16-37)50-32)52-33-28(44)30(24(40)19(15-36)49-33)53-31-22(34-18(2)38)25(41)23(39)21(51-31)17-48-54(45)47-14-12-35(3,4)5/h19-33,36-37,39-44,54H,6-17H2,1-5H3/p+1/t19-,20-,21-,22-,23-,24-,25-,26-,27-,28+,29-,30+,31+,32-,33+/m1/s1. The Bertz CT molecular complexity index is 1080. The van der Waals surface area contributed by atoms with E-state index in [9.17, 15) is 50.5 Å². The van der Waals surface area contributed by atoms with Gasteiger partial charge in [-0.3, -0.25) is 4.79 Å². The second-order valence-electron chi connectivity index (χ2n) is 14.9. The summed E-state index contributed by atoms with van der Waals surface area (Å²) in [6.07, 6.45) is -16.7. The monoisotopic (exact) mass is 807 g/mol. The van der Waals surface area contributed by atoms with Gasteiger partial charge in [0.25, 0.3) is 0 Å². The van der Waals surface area contributed by atoms with Crippen LogP contribution in [0.25, 0.3) is 0 Å². The average molecular weight is 808 g/mol. The number of carbonyl (C=O) groups is 1. The van der Waals surface area contributed by atoms with Gasteiger partial charge < -0.3 is 84.0 Å². The number of nitrogens with one attached hydrogen (secondary N) is 1. The predicted octanol–water partition coefficient (Wildman–Crippen LogP) is -3.98. The van der Waals surface area contributed by atoms with Crippen molar-refractivity contribution in [2.24, 2.45) is 0 Å². The number of amides is 1. The van der Waals surface area contributed by atoms with E-state index in [0.717, 1.165) is 39.0 Å². The molecular weight excluding hydrogens is 743 g/mol. The largest absolute Gasteiger partial charge is 0.633 e. The van der Waals surface area contributed by atoms with Crippen molar-refractivity contribution >= 4 is 14.5 Å². The molecule has 3 saturated heterocycles. The van der Waals surface area contributed by atoms with E-state index < -0.39 is 126 Å². The van der Waals surface area contributed by atoms with Gasteiger partial charge in [-0.05, 0) is 6.42 Å².